The minimum absolute atomic E-state index is 0.244. The second-order valence-corrected chi connectivity index (χ2v) is 6.32. The zero-order chi connectivity index (χ0) is 17.4. The Morgan fingerprint density at radius 2 is 1.79 bits per heavy atom. The first-order valence-corrected chi connectivity index (χ1v) is 8.46. The Balaban J connectivity index is 2.10. The smallest absolute Gasteiger partial charge is 0.276 e. The molecule has 2 rings (SSSR count). The van der Waals surface area contributed by atoms with E-state index in [2.05, 4.69) is 31.0 Å². The molecule has 0 aliphatic carbocycles. The largest absolute Gasteiger partial charge is 0.369 e. The first-order valence-electron chi connectivity index (χ1n) is 8.46. The standard InChI is InChI=1S/C20H26N2O2/c1-16(2)12-14-24-17(3)20(23)21-19-11-7-8-13-22(19)15-18-9-5-4-6-10-18/h4-11,13,16-17H,12,14-15H2,1-3H3. The second kappa shape index (κ2) is 9.18. The van der Waals surface area contributed by atoms with Gasteiger partial charge in [0, 0.05) is 19.3 Å². The maximum Gasteiger partial charge on any atom is 0.276 e. The summed E-state index contributed by atoms with van der Waals surface area (Å²) in [6, 6.07) is 15.8. The van der Waals surface area contributed by atoms with E-state index in [9.17, 15) is 4.79 Å². The van der Waals surface area contributed by atoms with Crippen molar-refractivity contribution < 1.29 is 9.53 Å². The first-order chi connectivity index (χ1) is 11.6. The average Bonchev–Trinajstić information content (AvgIpc) is 2.57. The van der Waals surface area contributed by atoms with Gasteiger partial charge in [0.15, 0.2) is 0 Å². The quantitative estimate of drug-likeness (QED) is 0.782. The van der Waals surface area contributed by atoms with Gasteiger partial charge in [0.2, 0.25) is 0 Å². The molecule has 0 bridgehead atoms. The summed E-state index contributed by atoms with van der Waals surface area (Å²) >= 11 is 0. The van der Waals surface area contributed by atoms with Gasteiger partial charge in [0.1, 0.15) is 11.6 Å². The summed E-state index contributed by atoms with van der Waals surface area (Å²) in [4.78, 5) is 16.5. The Kier molecular flexibility index (Phi) is 6.94. The molecule has 1 aromatic heterocycles. The monoisotopic (exact) mass is 326 g/mol. The van der Waals surface area contributed by atoms with Crippen molar-refractivity contribution in [1.82, 2.24) is 4.57 Å². The fourth-order valence-corrected chi connectivity index (χ4v) is 2.24. The lowest BCUT2D eigenvalue weighted by atomic mass is 10.1. The molecule has 128 valence electrons. The van der Waals surface area contributed by atoms with Gasteiger partial charge in [-0.25, -0.2) is 0 Å². The summed E-state index contributed by atoms with van der Waals surface area (Å²) in [7, 11) is 0. The molecule has 0 N–H and O–H groups in total. The average molecular weight is 326 g/mol. The Hall–Kier alpha value is -2.20. The molecule has 2 aromatic rings. The highest BCUT2D eigenvalue weighted by Gasteiger charge is 2.12. The number of nitrogens with zero attached hydrogens (tertiary/aromatic N) is 2. The summed E-state index contributed by atoms with van der Waals surface area (Å²) in [6.07, 6.45) is 2.36. The van der Waals surface area contributed by atoms with Crippen molar-refractivity contribution >= 4 is 5.91 Å². The van der Waals surface area contributed by atoms with Crippen molar-refractivity contribution in [3.63, 3.8) is 0 Å². The van der Waals surface area contributed by atoms with Crippen LogP contribution >= 0.6 is 0 Å². The Morgan fingerprint density at radius 1 is 1.08 bits per heavy atom. The number of hydrogen-bond donors (Lipinski definition) is 0. The molecule has 0 saturated heterocycles. The number of pyridine rings is 1. The predicted molar refractivity (Wildman–Crippen MR) is 95.4 cm³/mol. The molecule has 1 aromatic carbocycles. The van der Waals surface area contributed by atoms with Gasteiger partial charge < -0.3 is 9.30 Å². The topological polar surface area (TPSA) is 43.6 Å². The van der Waals surface area contributed by atoms with Crippen molar-refractivity contribution in [2.24, 2.45) is 10.9 Å². The molecule has 0 spiro atoms. The normalized spacial score (nSPS) is 13.2. The summed E-state index contributed by atoms with van der Waals surface area (Å²) in [6.45, 7) is 7.29. The minimum atomic E-state index is -0.519. The van der Waals surface area contributed by atoms with Crippen LogP contribution in [-0.2, 0) is 16.1 Å². The van der Waals surface area contributed by atoms with Crippen molar-refractivity contribution in [1.29, 1.82) is 0 Å². The molecule has 24 heavy (non-hydrogen) atoms. The van der Waals surface area contributed by atoms with Crippen LogP contribution in [0.2, 0.25) is 0 Å². The Bertz CT molecular complexity index is 705. The predicted octanol–water partition coefficient (Wildman–Crippen LogP) is 3.41. The zero-order valence-corrected chi connectivity index (χ0v) is 14.7. The fourth-order valence-electron chi connectivity index (χ4n) is 2.24. The van der Waals surface area contributed by atoms with Crippen LogP contribution in [0, 0.1) is 5.92 Å². The van der Waals surface area contributed by atoms with E-state index in [0.717, 1.165) is 6.42 Å². The van der Waals surface area contributed by atoms with Crippen LogP contribution in [0.15, 0.2) is 59.7 Å². The minimum Gasteiger partial charge on any atom is -0.369 e. The van der Waals surface area contributed by atoms with Crippen molar-refractivity contribution in [2.75, 3.05) is 6.61 Å². The van der Waals surface area contributed by atoms with Gasteiger partial charge in [0.05, 0.1) is 0 Å². The summed E-state index contributed by atoms with van der Waals surface area (Å²) in [5.41, 5.74) is 1.81. The molecule has 1 amide bonds. The lowest BCUT2D eigenvalue weighted by Gasteiger charge is -2.11. The van der Waals surface area contributed by atoms with Gasteiger partial charge in [-0.05, 0) is 37.0 Å². The second-order valence-electron chi connectivity index (χ2n) is 6.32. The van der Waals surface area contributed by atoms with Crippen molar-refractivity contribution in [2.45, 2.75) is 39.8 Å². The van der Waals surface area contributed by atoms with Gasteiger partial charge in [0.25, 0.3) is 5.91 Å². The lowest BCUT2D eigenvalue weighted by Crippen LogP contribution is -2.27. The van der Waals surface area contributed by atoms with E-state index in [1.165, 1.54) is 5.56 Å². The highest BCUT2D eigenvalue weighted by atomic mass is 16.5. The molecule has 4 heteroatoms. The van der Waals surface area contributed by atoms with Crippen LogP contribution in [0.5, 0.6) is 0 Å². The number of ether oxygens (including phenoxy) is 1. The molecular weight excluding hydrogens is 300 g/mol. The first kappa shape index (κ1) is 18.1. The molecule has 0 radical (unpaired) electrons. The maximum atomic E-state index is 12.3. The van der Waals surface area contributed by atoms with E-state index in [1.54, 1.807) is 6.92 Å². The molecule has 4 nitrogen and oxygen atoms in total. The Labute approximate surface area is 143 Å². The van der Waals surface area contributed by atoms with E-state index >= 15 is 0 Å². The van der Waals surface area contributed by atoms with E-state index < -0.39 is 6.10 Å². The third kappa shape index (κ3) is 5.78. The fraction of sp³-hybridized carbons (Fsp3) is 0.400. The number of hydrogen-bond acceptors (Lipinski definition) is 2. The molecule has 0 saturated carbocycles. The van der Waals surface area contributed by atoms with Crippen LogP contribution in [0.25, 0.3) is 0 Å². The van der Waals surface area contributed by atoms with Gasteiger partial charge in [-0.15, -0.1) is 0 Å². The third-order valence-corrected chi connectivity index (χ3v) is 3.75. The number of rotatable bonds is 7. The number of benzene rings is 1. The van der Waals surface area contributed by atoms with Crippen LogP contribution in [0.3, 0.4) is 0 Å². The van der Waals surface area contributed by atoms with Gasteiger partial charge in [-0.2, -0.15) is 4.99 Å². The highest BCUT2D eigenvalue weighted by Crippen LogP contribution is 2.03. The third-order valence-electron chi connectivity index (χ3n) is 3.75. The van der Waals surface area contributed by atoms with Crippen molar-refractivity contribution in [3.05, 3.63) is 65.8 Å². The van der Waals surface area contributed by atoms with Crippen LogP contribution in [-0.4, -0.2) is 23.2 Å². The van der Waals surface area contributed by atoms with Gasteiger partial charge >= 0.3 is 0 Å². The lowest BCUT2D eigenvalue weighted by molar-refractivity contribution is -0.128. The summed E-state index contributed by atoms with van der Waals surface area (Å²) in [5, 5.41) is 0. The van der Waals surface area contributed by atoms with E-state index in [-0.39, 0.29) is 5.91 Å². The molecular formula is C20H26N2O2. The van der Waals surface area contributed by atoms with E-state index in [1.807, 2.05) is 47.2 Å². The molecule has 0 fully saturated rings. The van der Waals surface area contributed by atoms with Crippen LogP contribution in [0.4, 0.5) is 0 Å². The zero-order valence-electron chi connectivity index (χ0n) is 14.7. The van der Waals surface area contributed by atoms with Gasteiger partial charge in [-0.3, -0.25) is 4.79 Å². The van der Waals surface area contributed by atoms with Crippen LogP contribution in [0.1, 0.15) is 32.8 Å². The number of aromatic nitrogens is 1. The van der Waals surface area contributed by atoms with E-state index in [4.69, 9.17) is 4.74 Å². The highest BCUT2D eigenvalue weighted by molar-refractivity contribution is 5.81. The van der Waals surface area contributed by atoms with E-state index in [0.29, 0.717) is 24.6 Å². The molecule has 0 aliphatic rings. The molecule has 1 atom stereocenters. The summed E-state index contributed by atoms with van der Waals surface area (Å²) in [5.74, 6) is 0.318. The number of carbonyl (C=O) groups excluding carboxylic acids is 1. The molecule has 1 heterocycles. The SMILES string of the molecule is CC(C)CCOC(C)C(=O)N=c1ccccn1Cc1ccccc1. The van der Waals surface area contributed by atoms with Gasteiger partial charge in [-0.1, -0.05) is 50.2 Å². The summed E-state index contributed by atoms with van der Waals surface area (Å²) < 4.78 is 7.56. The van der Waals surface area contributed by atoms with Crippen LogP contribution < -0.4 is 5.49 Å². The number of amides is 1. The van der Waals surface area contributed by atoms with Crippen molar-refractivity contribution in [3.8, 4) is 0 Å². The maximum absolute atomic E-state index is 12.3. The Morgan fingerprint density at radius 3 is 2.50 bits per heavy atom. The molecule has 1 unspecified atom stereocenters. The molecule has 0 aliphatic heterocycles. The number of carbonyl (C=O) groups is 1.